The third kappa shape index (κ3) is 3.00. The molecule has 0 spiro atoms. The van der Waals surface area contributed by atoms with E-state index in [-0.39, 0.29) is 40.6 Å². The first kappa shape index (κ1) is 17.3. The second-order valence-electron chi connectivity index (χ2n) is 3.48. The quantitative estimate of drug-likeness (QED) is 0.144. The van der Waals surface area contributed by atoms with Gasteiger partial charge in [-0.2, -0.15) is 0 Å². The summed E-state index contributed by atoms with van der Waals surface area (Å²) in [5.41, 5.74) is 0. The number of aliphatic hydroxyl groups is 6. The maximum Gasteiger partial charge on any atom is 2.00 e. The van der Waals surface area contributed by atoms with E-state index in [0.717, 1.165) is 0 Å². The molecule has 0 amide bonds. The van der Waals surface area contributed by atoms with Crippen molar-refractivity contribution < 1.29 is 48.1 Å². The number of aliphatic hydroxyl groups excluding tert-OH is 5. The molecule has 0 radical (unpaired) electrons. The summed E-state index contributed by atoms with van der Waals surface area (Å²) in [6.45, 7) is 0. The van der Waals surface area contributed by atoms with E-state index in [1.54, 1.807) is 0 Å². The molecule has 1 saturated carbocycles. The normalized spacial score (nSPS) is 45.9. The summed E-state index contributed by atoms with van der Waals surface area (Å²) in [5.74, 6) is -3.11. The Kier molecular flexibility index (Phi) is 6.06. The Labute approximate surface area is 128 Å². The molecule has 0 heterocycles. The van der Waals surface area contributed by atoms with Crippen molar-refractivity contribution in [2.45, 2.75) is 36.3 Å². The van der Waals surface area contributed by atoms with Gasteiger partial charge in [0.1, 0.15) is 18.3 Å². The molecule has 0 aliphatic heterocycles. The van der Waals surface area contributed by atoms with Gasteiger partial charge in [0.2, 0.25) is 0 Å². The molecule has 1 fully saturated rings. The zero-order valence-corrected chi connectivity index (χ0v) is 10.7. The maximum atomic E-state index is 10.2. The third-order valence-electron chi connectivity index (χ3n) is 2.45. The van der Waals surface area contributed by atoms with Gasteiger partial charge in [-0.05, 0) is 0 Å². The fourth-order valence-corrected chi connectivity index (χ4v) is 1.50. The van der Waals surface area contributed by atoms with Crippen molar-refractivity contribution in [3.8, 4) is 0 Å². The molecule has 1 aliphatic rings. The summed E-state index contributed by atoms with van der Waals surface area (Å²) in [4.78, 5) is 10.2. The first-order chi connectivity index (χ1) is 7.21. The van der Waals surface area contributed by atoms with Crippen molar-refractivity contribution in [1.82, 2.24) is 0 Å². The van der Waals surface area contributed by atoms with Gasteiger partial charge in [0.15, 0.2) is 12.2 Å². The summed E-state index contributed by atoms with van der Waals surface area (Å²) in [6, 6.07) is 0. The predicted octanol–water partition coefficient (Wildman–Crippen LogP) is -3.97. The first-order valence-corrected chi connectivity index (χ1v) is 4.26. The Hall–Kier alpha value is 0.290. The van der Waals surface area contributed by atoms with E-state index in [1.807, 2.05) is 0 Å². The summed E-state index contributed by atoms with van der Waals surface area (Å²) < 4.78 is 3.83. The van der Waals surface area contributed by atoms with E-state index in [1.165, 1.54) is 0 Å². The molecule has 0 aromatic carbocycles. The van der Waals surface area contributed by atoms with Gasteiger partial charge in [-0.15, -0.1) is 0 Å². The summed E-state index contributed by atoms with van der Waals surface area (Å²) >= 11 is 0. The average molecular weight is 282 g/mol. The van der Waals surface area contributed by atoms with E-state index in [4.69, 9.17) is 10.2 Å². The van der Waals surface area contributed by atoms with Gasteiger partial charge in [-0.1, -0.05) is 0 Å². The van der Waals surface area contributed by atoms with E-state index >= 15 is 0 Å². The molecule has 0 saturated heterocycles. The Morgan fingerprint density at radius 1 is 1.00 bits per heavy atom. The SMILES string of the molecule is O=C(O)OC1(O)[C@H](O)[C@H](O)C(O)[C@H](O)[C@H]1O.[Ca+2].[H-].[H-]. The van der Waals surface area contributed by atoms with Crippen LogP contribution in [0.15, 0.2) is 0 Å². The van der Waals surface area contributed by atoms with Gasteiger partial charge in [0, 0.05) is 0 Å². The largest absolute Gasteiger partial charge is 2.00 e. The van der Waals surface area contributed by atoms with Gasteiger partial charge in [-0.25, -0.2) is 4.79 Å². The smallest absolute Gasteiger partial charge is 1.00 e. The number of ether oxygens (including phenoxy) is 1. The number of carbonyl (C=O) groups is 1. The predicted molar refractivity (Wildman–Crippen MR) is 52.1 cm³/mol. The topological polar surface area (TPSA) is 168 Å². The maximum absolute atomic E-state index is 10.2. The first-order valence-electron chi connectivity index (χ1n) is 4.26. The standard InChI is InChI=1S/C7H12O9.Ca.2H/c8-1-2(9)4(11)7(15,16-6(13)14)5(12)3(1)10;;;/h1-5,8-12,15H,(H,13,14);;;/q;+2;2*-1/t1?,2-,3+,4-,5-,7?;;;/m1.../s1. The minimum atomic E-state index is -3.11. The molecule has 17 heavy (non-hydrogen) atoms. The van der Waals surface area contributed by atoms with Crippen molar-refractivity contribution in [2.24, 2.45) is 0 Å². The molecule has 98 valence electrons. The minimum absolute atomic E-state index is 0. The zero-order valence-electron chi connectivity index (χ0n) is 10.5. The van der Waals surface area contributed by atoms with Crippen LogP contribution in [0.4, 0.5) is 4.79 Å². The van der Waals surface area contributed by atoms with Crippen molar-refractivity contribution in [2.75, 3.05) is 0 Å². The number of carboxylic acid groups (broad SMARTS) is 1. The number of hydrogen-bond donors (Lipinski definition) is 7. The van der Waals surface area contributed by atoms with Gasteiger partial charge in [0.25, 0.3) is 5.79 Å². The Morgan fingerprint density at radius 2 is 1.35 bits per heavy atom. The van der Waals surface area contributed by atoms with Gasteiger partial charge < -0.3 is 43.3 Å². The van der Waals surface area contributed by atoms with Crippen LogP contribution in [0.2, 0.25) is 0 Å². The molecule has 7 N–H and O–H groups in total. The third-order valence-corrected chi connectivity index (χ3v) is 2.45. The monoisotopic (exact) mass is 282 g/mol. The molecular formula is C7H14CaO9. The number of hydrogen-bond acceptors (Lipinski definition) is 8. The van der Waals surface area contributed by atoms with Gasteiger partial charge in [-0.3, -0.25) is 0 Å². The molecular weight excluding hydrogens is 268 g/mol. The van der Waals surface area contributed by atoms with E-state index in [9.17, 15) is 30.3 Å². The fraction of sp³-hybridized carbons (Fsp3) is 0.857. The molecule has 9 nitrogen and oxygen atoms in total. The molecule has 1 aliphatic carbocycles. The van der Waals surface area contributed by atoms with E-state index < -0.39 is 42.5 Å². The van der Waals surface area contributed by atoms with Crippen molar-refractivity contribution in [3.05, 3.63) is 0 Å². The number of rotatable bonds is 1. The van der Waals surface area contributed by atoms with Crippen molar-refractivity contribution in [1.29, 1.82) is 0 Å². The second kappa shape index (κ2) is 5.95. The minimum Gasteiger partial charge on any atom is -1.00 e. The molecule has 2 unspecified atom stereocenters. The summed E-state index contributed by atoms with van der Waals surface area (Å²) in [6.07, 6.45) is -12.7. The summed E-state index contributed by atoms with van der Waals surface area (Å²) in [7, 11) is 0. The Bertz CT molecular complexity index is 278. The zero-order chi connectivity index (χ0) is 12.7. The molecule has 6 atom stereocenters. The molecule has 0 aromatic rings. The van der Waals surface area contributed by atoms with E-state index in [2.05, 4.69) is 4.74 Å². The molecule has 0 aromatic heterocycles. The Balaban J connectivity index is -0.000000853. The van der Waals surface area contributed by atoms with Crippen LogP contribution in [-0.4, -0.2) is 116 Å². The van der Waals surface area contributed by atoms with Gasteiger partial charge in [0.05, 0.1) is 0 Å². The van der Waals surface area contributed by atoms with Crippen LogP contribution in [0.5, 0.6) is 0 Å². The van der Waals surface area contributed by atoms with Crippen LogP contribution in [0.1, 0.15) is 2.85 Å². The van der Waals surface area contributed by atoms with E-state index in [0.29, 0.717) is 0 Å². The summed E-state index contributed by atoms with van der Waals surface area (Å²) in [5, 5.41) is 63.8. The van der Waals surface area contributed by atoms with Crippen molar-refractivity contribution >= 4 is 43.9 Å². The Morgan fingerprint density at radius 3 is 1.65 bits per heavy atom. The average Bonchev–Trinajstić information content (AvgIpc) is 2.21. The second-order valence-corrected chi connectivity index (χ2v) is 3.48. The van der Waals surface area contributed by atoms with Crippen LogP contribution >= 0.6 is 0 Å². The van der Waals surface area contributed by atoms with Gasteiger partial charge >= 0.3 is 43.9 Å². The molecule has 10 heteroatoms. The van der Waals surface area contributed by atoms with Crippen LogP contribution in [0.3, 0.4) is 0 Å². The molecule has 0 bridgehead atoms. The van der Waals surface area contributed by atoms with Crippen LogP contribution in [-0.2, 0) is 4.74 Å². The molecule has 1 rings (SSSR count). The van der Waals surface area contributed by atoms with Crippen LogP contribution in [0, 0.1) is 0 Å². The van der Waals surface area contributed by atoms with Crippen molar-refractivity contribution in [3.63, 3.8) is 0 Å². The van der Waals surface area contributed by atoms with Crippen LogP contribution < -0.4 is 0 Å². The van der Waals surface area contributed by atoms with Crippen LogP contribution in [0.25, 0.3) is 0 Å². The fourth-order valence-electron chi connectivity index (χ4n) is 1.50.